The van der Waals surface area contributed by atoms with E-state index in [1.165, 1.54) is 11.0 Å². The fourth-order valence-corrected chi connectivity index (χ4v) is 3.14. The number of hydrogen-bond donors (Lipinski definition) is 2. The van der Waals surface area contributed by atoms with Gasteiger partial charge < -0.3 is 16.0 Å². The maximum absolute atomic E-state index is 13.3. The van der Waals surface area contributed by atoms with E-state index in [0.717, 1.165) is 18.5 Å². The summed E-state index contributed by atoms with van der Waals surface area (Å²) >= 11 is 5.78. The van der Waals surface area contributed by atoms with Crippen LogP contribution in [0.4, 0.5) is 23.4 Å². The molecule has 1 amide bonds. The number of rotatable bonds is 3. The Kier molecular flexibility index (Phi) is 5.65. The highest BCUT2D eigenvalue weighted by atomic mass is 35.5. The summed E-state index contributed by atoms with van der Waals surface area (Å²) < 4.78 is 52.2. The monoisotopic (exact) mass is 429 g/mol. The van der Waals surface area contributed by atoms with Gasteiger partial charge in [0.15, 0.2) is 5.69 Å². The normalized spacial score (nSPS) is 14.9. The first kappa shape index (κ1) is 20.8. The van der Waals surface area contributed by atoms with E-state index < -0.39 is 28.6 Å². The van der Waals surface area contributed by atoms with Gasteiger partial charge in [0.2, 0.25) is 0 Å². The summed E-state index contributed by atoms with van der Waals surface area (Å²) in [5.41, 5.74) is 5.74. The third-order valence-electron chi connectivity index (χ3n) is 4.38. The van der Waals surface area contributed by atoms with Crippen molar-refractivity contribution in [3.05, 3.63) is 63.6 Å². The number of carbonyl (C=O) groups excluding carboxylic acids is 1. The van der Waals surface area contributed by atoms with Crippen LogP contribution in [0.2, 0.25) is 5.02 Å². The Morgan fingerprint density at radius 2 is 2.07 bits per heavy atom. The van der Waals surface area contributed by atoms with E-state index in [-0.39, 0.29) is 18.7 Å². The van der Waals surface area contributed by atoms with Crippen molar-refractivity contribution in [2.45, 2.75) is 19.5 Å². The highest BCUT2D eigenvalue weighted by Crippen LogP contribution is 2.35. The average Bonchev–Trinajstić information content (AvgIpc) is 2.65. The molecule has 154 valence electrons. The van der Waals surface area contributed by atoms with Crippen LogP contribution in [0.25, 0.3) is 0 Å². The second kappa shape index (κ2) is 7.86. The third-order valence-corrected chi connectivity index (χ3v) is 4.76. The lowest BCUT2D eigenvalue weighted by Gasteiger charge is -2.30. The number of nitrogens with zero attached hydrogens (tertiary/aromatic N) is 3. The molecule has 2 aromatic heterocycles. The topological polar surface area (TPSA) is 84.1 Å². The number of carbonyl (C=O) groups is 1. The molecule has 0 saturated carbocycles. The van der Waals surface area contributed by atoms with Gasteiger partial charge in [-0.3, -0.25) is 9.78 Å². The summed E-state index contributed by atoms with van der Waals surface area (Å²) in [5.74, 6) is -0.723. The van der Waals surface area contributed by atoms with Crippen LogP contribution < -0.4 is 11.1 Å². The molecular formula is C18H16ClF4N5O. The van der Waals surface area contributed by atoms with Crippen molar-refractivity contribution in [2.24, 2.45) is 5.73 Å². The zero-order chi connectivity index (χ0) is 21.3. The number of nitrogens with two attached hydrogens (primary N) is 1. The molecule has 11 heteroatoms. The van der Waals surface area contributed by atoms with Gasteiger partial charge in [0, 0.05) is 30.6 Å². The number of alkyl halides is 3. The molecule has 3 heterocycles. The fraction of sp³-hybridized carbons (Fsp3) is 0.278. The van der Waals surface area contributed by atoms with E-state index in [4.69, 9.17) is 17.3 Å². The van der Waals surface area contributed by atoms with Crippen LogP contribution in [-0.4, -0.2) is 33.9 Å². The first-order chi connectivity index (χ1) is 13.6. The lowest BCUT2D eigenvalue weighted by molar-refractivity contribution is -0.141. The van der Waals surface area contributed by atoms with Crippen molar-refractivity contribution in [1.29, 1.82) is 0 Å². The van der Waals surface area contributed by atoms with E-state index in [1.807, 2.05) is 0 Å². The Morgan fingerprint density at radius 1 is 1.34 bits per heavy atom. The minimum absolute atomic E-state index is 0.0126. The zero-order valence-corrected chi connectivity index (χ0v) is 15.9. The molecule has 0 spiro atoms. The van der Waals surface area contributed by atoms with Crippen LogP contribution in [-0.2, 0) is 6.18 Å². The molecule has 0 atom stereocenters. The first-order valence-corrected chi connectivity index (χ1v) is 8.83. The summed E-state index contributed by atoms with van der Waals surface area (Å²) in [7, 11) is 0. The molecule has 1 aliphatic rings. The molecular weight excluding hydrogens is 414 g/mol. The van der Waals surface area contributed by atoms with Crippen LogP contribution in [0.3, 0.4) is 0 Å². The van der Waals surface area contributed by atoms with Crippen molar-refractivity contribution in [1.82, 2.24) is 14.9 Å². The Bertz CT molecular complexity index is 993. The molecule has 2 aromatic rings. The standard InChI is InChI=1S/C18H16ClF4N5O/c1-9-6-14(26-7-11(9)20)27-13-3-5-28(8-12(13)24)17(29)10-2-4-25-16(15(10)19)18(21,22)23/h2,4,6-7H,3,5,8,24H2,1H3,(H,26,27). The van der Waals surface area contributed by atoms with Gasteiger partial charge in [0.25, 0.3) is 5.91 Å². The van der Waals surface area contributed by atoms with Gasteiger partial charge in [-0.2, -0.15) is 13.2 Å². The second-order valence-electron chi connectivity index (χ2n) is 6.44. The van der Waals surface area contributed by atoms with Crippen LogP contribution in [0.1, 0.15) is 28.0 Å². The van der Waals surface area contributed by atoms with Gasteiger partial charge >= 0.3 is 6.18 Å². The van der Waals surface area contributed by atoms with Crippen molar-refractivity contribution >= 4 is 23.3 Å². The first-order valence-electron chi connectivity index (χ1n) is 8.45. The number of halogens is 5. The summed E-state index contributed by atoms with van der Waals surface area (Å²) in [6.07, 6.45) is -2.49. The van der Waals surface area contributed by atoms with Crippen LogP contribution in [0.15, 0.2) is 35.9 Å². The molecule has 3 N–H and O–H groups in total. The van der Waals surface area contributed by atoms with E-state index in [9.17, 15) is 22.4 Å². The molecule has 6 nitrogen and oxygen atoms in total. The number of anilines is 1. The highest BCUT2D eigenvalue weighted by molar-refractivity contribution is 6.34. The van der Waals surface area contributed by atoms with E-state index >= 15 is 0 Å². The minimum atomic E-state index is -4.77. The average molecular weight is 430 g/mol. The van der Waals surface area contributed by atoms with Gasteiger partial charge in [-0.1, -0.05) is 11.6 Å². The van der Waals surface area contributed by atoms with Gasteiger partial charge in [-0.25, -0.2) is 9.37 Å². The minimum Gasteiger partial charge on any atom is -0.399 e. The largest absolute Gasteiger partial charge is 0.434 e. The quantitative estimate of drug-likeness (QED) is 0.726. The summed E-state index contributed by atoms with van der Waals surface area (Å²) in [5, 5.41) is 2.24. The summed E-state index contributed by atoms with van der Waals surface area (Å²) in [4.78, 5) is 21.1. The van der Waals surface area contributed by atoms with Crippen LogP contribution in [0, 0.1) is 12.7 Å². The van der Waals surface area contributed by atoms with Gasteiger partial charge in [-0.05, 0) is 24.6 Å². The predicted octanol–water partition coefficient (Wildman–Crippen LogP) is 3.72. The molecule has 0 unspecified atom stereocenters. The van der Waals surface area contributed by atoms with E-state index in [2.05, 4.69) is 15.3 Å². The number of pyridine rings is 2. The summed E-state index contributed by atoms with van der Waals surface area (Å²) in [6.45, 7) is 1.78. The number of hydrogen-bond acceptors (Lipinski definition) is 5. The van der Waals surface area contributed by atoms with Gasteiger partial charge in [0.1, 0.15) is 11.6 Å². The molecule has 1 aliphatic heterocycles. The SMILES string of the molecule is Cc1cc(NC2=C(N)CN(C(=O)c3ccnc(C(F)(F)F)c3Cl)CC2)ncc1F. The Labute approximate surface area is 168 Å². The molecule has 0 bridgehead atoms. The molecule has 3 rings (SSSR count). The van der Waals surface area contributed by atoms with Crippen LogP contribution >= 0.6 is 11.6 Å². The second-order valence-corrected chi connectivity index (χ2v) is 6.82. The molecule has 0 saturated heterocycles. The molecule has 0 aromatic carbocycles. The summed E-state index contributed by atoms with van der Waals surface area (Å²) in [6, 6.07) is 2.65. The Balaban J connectivity index is 1.78. The molecule has 0 aliphatic carbocycles. The van der Waals surface area contributed by atoms with Crippen molar-refractivity contribution < 1.29 is 22.4 Å². The molecule has 29 heavy (non-hydrogen) atoms. The number of aromatic nitrogens is 2. The third kappa shape index (κ3) is 4.42. The van der Waals surface area contributed by atoms with Crippen molar-refractivity contribution in [3.8, 4) is 0 Å². The van der Waals surface area contributed by atoms with E-state index in [1.54, 1.807) is 6.92 Å². The lowest BCUT2D eigenvalue weighted by Crippen LogP contribution is -2.40. The van der Waals surface area contributed by atoms with Crippen molar-refractivity contribution in [2.75, 3.05) is 18.4 Å². The Morgan fingerprint density at radius 3 is 2.69 bits per heavy atom. The zero-order valence-electron chi connectivity index (χ0n) is 15.1. The van der Waals surface area contributed by atoms with E-state index in [0.29, 0.717) is 29.2 Å². The smallest absolute Gasteiger partial charge is 0.399 e. The predicted molar refractivity (Wildman–Crippen MR) is 98.5 cm³/mol. The molecule has 0 radical (unpaired) electrons. The maximum atomic E-state index is 13.3. The number of aryl methyl sites for hydroxylation is 1. The molecule has 0 fully saturated rings. The van der Waals surface area contributed by atoms with Gasteiger partial charge in [0.05, 0.1) is 23.3 Å². The Hall–Kier alpha value is -2.88. The highest BCUT2D eigenvalue weighted by Gasteiger charge is 2.37. The number of amides is 1. The number of nitrogens with one attached hydrogen (secondary N) is 1. The lowest BCUT2D eigenvalue weighted by atomic mass is 10.1. The fourth-order valence-electron chi connectivity index (χ4n) is 2.84. The van der Waals surface area contributed by atoms with Crippen molar-refractivity contribution in [3.63, 3.8) is 0 Å². The maximum Gasteiger partial charge on any atom is 0.434 e. The van der Waals surface area contributed by atoms with Crippen LogP contribution in [0.5, 0.6) is 0 Å². The van der Waals surface area contributed by atoms with Gasteiger partial charge in [-0.15, -0.1) is 0 Å².